The van der Waals surface area contributed by atoms with Crippen molar-refractivity contribution < 1.29 is 9.59 Å². The zero-order valence-electron chi connectivity index (χ0n) is 15.2. The van der Waals surface area contributed by atoms with Crippen LogP contribution in [-0.2, 0) is 9.59 Å². The average Bonchev–Trinajstić information content (AvgIpc) is 2.56. The molecule has 0 spiro atoms. The average molecular weight is 308 g/mol. The maximum Gasteiger partial charge on any atom is 0.233 e. The van der Waals surface area contributed by atoms with Crippen molar-refractivity contribution in [2.45, 2.75) is 84.8 Å². The summed E-state index contributed by atoms with van der Waals surface area (Å²) in [5.41, 5.74) is -0.130. The highest BCUT2D eigenvalue weighted by molar-refractivity contribution is 6.05. The van der Waals surface area contributed by atoms with E-state index in [2.05, 4.69) is 46.9 Å². The van der Waals surface area contributed by atoms with Gasteiger partial charge in [-0.3, -0.25) is 14.5 Å². The van der Waals surface area contributed by atoms with Gasteiger partial charge in [-0.2, -0.15) is 0 Å². The Balaban J connectivity index is 2.28. The highest BCUT2D eigenvalue weighted by Crippen LogP contribution is 2.39. The summed E-state index contributed by atoms with van der Waals surface area (Å²) >= 11 is 0. The Bertz CT molecular complexity index is 454. The van der Waals surface area contributed by atoms with Crippen LogP contribution in [-0.4, -0.2) is 33.8 Å². The van der Waals surface area contributed by atoms with Crippen LogP contribution in [0.25, 0.3) is 0 Å². The standard InChI is InChI=1S/C18H32N2O2/c1-8-11(2)14-12(3)15(21)20(16(14)22)13-9-17(4,5)19-18(6,7)10-13/h11-14,19H,8-10H2,1-7H3. The molecule has 4 heteroatoms. The molecule has 0 radical (unpaired) electrons. The Morgan fingerprint density at radius 3 is 2.09 bits per heavy atom. The highest BCUT2D eigenvalue weighted by atomic mass is 16.2. The number of carbonyl (C=O) groups is 2. The number of piperidine rings is 1. The molecule has 3 atom stereocenters. The number of hydrogen-bond acceptors (Lipinski definition) is 3. The first-order valence-electron chi connectivity index (χ1n) is 8.65. The summed E-state index contributed by atoms with van der Waals surface area (Å²) in [7, 11) is 0. The first-order valence-corrected chi connectivity index (χ1v) is 8.65. The number of nitrogens with one attached hydrogen (secondary N) is 1. The SMILES string of the molecule is CCC(C)C1C(=O)N(C2CC(C)(C)NC(C)(C)C2)C(=O)C1C. The van der Waals surface area contributed by atoms with Crippen LogP contribution in [0.4, 0.5) is 0 Å². The van der Waals surface area contributed by atoms with E-state index in [4.69, 9.17) is 0 Å². The van der Waals surface area contributed by atoms with Gasteiger partial charge in [0.25, 0.3) is 0 Å². The fourth-order valence-electron chi connectivity index (χ4n) is 4.66. The lowest BCUT2D eigenvalue weighted by Gasteiger charge is -2.48. The van der Waals surface area contributed by atoms with E-state index >= 15 is 0 Å². The third-order valence-corrected chi connectivity index (χ3v) is 5.48. The van der Waals surface area contributed by atoms with Crippen LogP contribution in [0.15, 0.2) is 0 Å². The molecule has 3 unspecified atom stereocenters. The molecule has 2 fully saturated rings. The Hall–Kier alpha value is -0.900. The second-order valence-corrected chi connectivity index (χ2v) is 8.70. The van der Waals surface area contributed by atoms with Gasteiger partial charge in [0.05, 0.1) is 5.92 Å². The summed E-state index contributed by atoms with van der Waals surface area (Å²) in [6, 6.07) is 0.0164. The van der Waals surface area contributed by atoms with Crippen LogP contribution in [0.5, 0.6) is 0 Å². The predicted octanol–water partition coefficient (Wildman–Crippen LogP) is 2.96. The van der Waals surface area contributed by atoms with Crippen LogP contribution < -0.4 is 5.32 Å². The number of hydrogen-bond donors (Lipinski definition) is 1. The van der Waals surface area contributed by atoms with E-state index in [1.165, 1.54) is 0 Å². The first kappa shape index (κ1) is 17.5. The molecule has 0 aromatic rings. The van der Waals surface area contributed by atoms with Crippen LogP contribution in [0.3, 0.4) is 0 Å². The number of nitrogens with zero attached hydrogens (tertiary/aromatic N) is 1. The molecule has 4 nitrogen and oxygen atoms in total. The Kier molecular flexibility index (Phi) is 4.46. The molecule has 1 N–H and O–H groups in total. The van der Waals surface area contributed by atoms with Crippen LogP contribution >= 0.6 is 0 Å². The second kappa shape index (κ2) is 5.63. The normalized spacial score (nSPS) is 33.3. The zero-order valence-corrected chi connectivity index (χ0v) is 15.2. The van der Waals surface area contributed by atoms with Gasteiger partial charge in [-0.25, -0.2) is 0 Å². The minimum Gasteiger partial charge on any atom is -0.307 e. The number of rotatable bonds is 3. The Morgan fingerprint density at radius 2 is 1.64 bits per heavy atom. The molecule has 0 aliphatic carbocycles. The van der Waals surface area contributed by atoms with Gasteiger partial charge >= 0.3 is 0 Å². The van der Waals surface area contributed by atoms with Gasteiger partial charge in [-0.1, -0.05) is 27.2 Å². The molecule has 2 aliphatic rings. The fourth-order valence-corrected chi connectivity index (χ4v) is 4.66. The molecule has 2 amide bonds. The van der Waals surface area contributed by atoms with Crippen molar-refractivity contribution in [3.63, 3.8) is 0 Å². The maximum absolute atomic E-state index is 12.9. The Labute approximate surface area is 135 Å². The van der Waals surface area contributed by atoms with Gasteiger partial charge in [0, 0.05) is 23.0 Å². The smallest absolute Gasteiger partial charge is 0.233 e. The number of amides is 2. The molecular weight excluding hydrogens is 276 g/mol. The van der Waals surface area contributed by atoms with E-state index in [1.807, 2.05) is 6.92 Å². The maximum atomic E-state index is 12.9. The zero-order chi connectivity index (χ0) is 16.9. The monoisotopic (exact) mass is 308 g/mol. The number of likely N-dealkylation sites (tertiary alicyclic amines) is 1. The number of imide groups is 1. The predicted molar refractivity (Wildman–Crippen MR) is 88.3 cm³/mol. The summed E-state index contributed by atoms with van der Waals surface area (Å²) in [6.07, 6.45) is 2.59. The highest BCUT2D eigenvalue weighted by Gasteiger charge is 2.52. The quantitative estimate of drug-likeness (QED) is 0.816. The van der Waals surface area contributed by atoms with Crippen molar-refractivity contribution in [3.05, 3.63) is 0 Å². The van der Waals surface area contributed by atoms with E-state index < -0.39 is 0 Å². The summed E-state index contributed by atoms with van der Waals surface area (Å²) in [5.74, 6) is 0.0421. The van der Waals surface area contributed by atoms with Crippen molar-refractivity contribution in [1.82, 2.24) is 10.2 Å². The molecule has 2 heterocycles. The topological polar surface area (TPSA) is 49.4 Å². The molecule has 126 valence electrons. The van der Waals surface area contributed by atoms with Crippen molar-refractivity contribution >= 4 is 11.8 Å². The lowest BCUT2D eigenvalue weighted by Crippen LogP contribution is -2.63. The van der Waals surface area contributed by atoms with Crippen LogP contribution in [0.2, 0.25) is 0 Å². The molecule has 2 rings (SSSR count). The van der Waals surface area contributed by atoms with E-state index in [9.17, 15) is 9.59 Å². The third kappa shape index (κ3) is 3.08. The molecule has 2 saturated heterocycles. The minimum absolute atomic E-state index is 0.0164. The van der Waals surface area contributed by atoms with Crippen LogP contribution in [0, 0.1) is 17.8 Å². The third-order valence-electron chi connectivity index (χ3n) is 5.48. The van der Waals surface area contributed by atoms with Crippen molar-refractivity contribution in [2.24, 2.45) is 17.8 Å². The van der Waals surface area contributed by atoms with Gasteiger partial charge in [0.2, 0.25) is 11.8 Å². The summed E-state index contributed by atoms with van der Waals surface area (Å²) in [6.45, 7) is 14.7. The molecule has 0 bridgehead atoms. The Morgan fingerprint density at radius 1 is 1.14 bits per heavy atom. The molecular formula is C18H32N2O2. The second-order valence-electron chi connectivity index (χ2n) is 8.70. The van der Waals surface area contributed by atoms with Crippen molar-refractivity contribution in [3.8, 4) is 0 Å². The lowest BCUT2D eigenvalue weighted by atomic mass is 9.79. The summed E-state index contributed by atoms with van der Waals surface area (Å²) in [4.78, 5) is 27.3. The van der Waals surface area contributed by atoms with Crippen LogP contribution in [0.1, 0.15) is 67.7 Å². The summed E-state index contributed by atoms with van der Waals surface area (Å²) in [5, 5.41) is 3.62. The number of carbonyl (C=O) groups excluding carboxylic acids is 2. The van der Waals surface area contributed by atoms with Gasteiger partial charge < -0.3 is 5.32 Å². The largest absolute Gasteiger partial charge is 0.307 e. The van der Waals surface area contributed by atoms with Gasteiger partial charge in [-0.15, -0.1) is 0 Å². The van der Waals surface area contributed by atoms with E-state index in [0.29, 0.717) is 0 Å². The van der Waals surface area contributed by atoms with Crippen molar-refractivity contribution in [2.75, 3.05) is 0 Å². The minimum atomic E-state index is -0.177. The van der Waals surface area contributed by atoms with Gasteiger partial charge in [0.15, 0.2) is 0 Å². The molecule has 0 aromatic heterocycles. The molecule has 0 saturated carbocycles. The fraction of sp³-hybridized carbons (Fsp3) is 0.889. The lowest BCUT2D eigenvalue weighted by molar-refractivity contribution is -0.144. The molecule has 0 aromatic carbocycles. The van der Waals surface area contributed by atoms with E-state index in [-0.39, 0.29) is 46.7 Å². The van der Waals surface area contributed by atoms with Gasteiger partial charge in [-0.05, 0) is 46.5 Å². The van der Waals surface area contributed by atoms with Crippen molar-refractivity contribution in [1.29, 1.82) is 0 Å². The summed E-state index contributed by atoms with van der Waals surface area (Å²) < 4.78 is 0. The van der Waals surface area contributed by atoms with E-state index in [1.54, 1.807) is 4.90 Å². The van der Waals surface area contributed by atoms with Gasteiger partial charge in [0.1, 0.15) is 0 Å². The molecule has 22 heavy (non-hydrogen) atoms. The first-order chi connectivity index (χ1) is 9.99. The molecule has 2 aliphatic heterocycles. The van der Waals surface area contributed by atoms with E-state index in [0.717, 1.165) is 19.3 Å².